The third-order valence-electron chi connectivity index (χ3n) is 1.96. The van der Waals surface area contributed by atoms with Gasteiger partial charge in [-0.1, -0.05) is 43.6 Å². The van der Waals surface area contributed by atoms with E-state index in [9.17, 15) is 0 Å². The Kier molecular flexibility index (Phi) is 3.04. The van der Waals surface area contributed by atoms with Gasteiger partial charge in [-0.3, -0.25) is 0 Å². The molecule has 1 aromatic carbocycles. The molecule has 1 aromatic rings. The molecule has 0 saturated heterocycles. The van der Waals surface area contributed by atoms with Gasteiger partial charge in [0.2, 0.25) is 0 Å². The Bertz CT molecular complexity index is 387. The molecule has 0 spiro atoms. The highest BCUT2D eigenvalue weighted by Crippen LogP contribution is 2.31. The molecule has 0 fully saturated rings. The van der Waals surface area contributed by atoms with Crippen LogP contribution in [0.4, 0.5) is 5.69 Å². The van der Waals surface area contributed by atoms with Crippen LogP contribution in [0.1, 0.15) is 26.3 Å². The number of hydrogen-bond acceptors (Lipinski definition) is 1. The topological polar surface area (TPSA) is 48.8 Å². The lowest BCUT2D eigenvalue weighted by atomic mass is 9.87. The molecular formula is C10H12ClN3. The molecule has 1 rings (SSSR count). The monoisotopic (exact) mass is 209 g/mol. The van der Waals surface area contributed by atoms with E-state index < -0.39 is 0 Å². The summed E-state index contributed by atoms with van der Waals surface area (Å²) in [6, 6.07) is 5.52. The van der Waals surface area contributed by atoms with Crippen molar-refractivity contribution in [3.63, 3.8) is 0 Å². The molecular weight excluding hydrogens is 198 g/mol. The summed E-state index contributed by atoms with van der Waals surface area (Å²) in [5, 5.41) is 4.01. The molecule has 0 atom stereocenters. The van der Waals surface area contributed by atoms with Gasteiger partial charge < -0.3 is 0 Å². The molecule has 0 aromatic heterocycles. The van der Waals surface area contributed by atoms with Crippen LogP contribution in [0, 0.1) is 0 Å². The molecule has 0 radical (unpaired) electrons. The zero-order chi connectivity index (χ0) is 10.8. The predicted molar refractivity (Wildman–Crippen MR) is 59.0 cm³/mol. The maximum Gasteiger partial charge on any atom is 0.0564 e. The van der Waals surface area contributed by atoms with Crippen molar-refractivity contribution in [1.82, 2.24) is 0 Å². The van der Waals surface area contributed by atoms with Crippen molar-refractivity contribution in [2.75, 3.05) is 0 Å². The molecule has 0 saturated carbocycles. The minimum atomic E-state index is 0.0321. The van der Waals surface area contributed by atoms with Crippen LogP contribution in [-0.4, -0.2) is 0 Å². The van der Waals surface area contributed by atoms with Gasteiger partial charge in [-0.25, -0.2) is 0 Å². The van der Waals surface area contributed by atoms with Crippen molar-refractivity contribution in [3.8, 4) is 0 Å². The van der Waals surface area contributed by atoms with Crippen molar-refractivity contribution in [1.29, 1.82) is 0 Å². The van der Waals surface area contributed by atoms with Crippen LogP contribution in [-0.2, 0) is 5.41 Å². The number of benzene rings is 1. The molecule has 0 bridgehead atoms. The lowest BCUT2D eigenvalue weighted by Gasteiger charge is -2.19. The van der Waals surface area contributed by atoms with Gasteiger partial charge in [-0.15, -0.1) is 0 Å². The first kappa shape index (κ1) is 10.9. The van der Waals surface area contributed by atoms with Gasteiger partial charge in [-0.2, -0.15) is 0 Å². The molecule has 0 aliphatic heterocycles. The van der Waals surface area contributed by atoms with E-state index in [-0.39, 0.29) is 5.41 Å². The fourth-order valence-electron chi connectivity index (χ4n) is 1.10. The highest BCUT2D eigenvalue weighted by atomic mass is 35.5. The van der Waals surface area contributed by atoms with Crippen molar-refractivity contribution in [3.05, 3.63) is 39.2 Å². The molecule has 14 heavy (non-hydrogen) atoms. The Labute approximate surface area is 88.3 Å². The number of rotatable bonds is 1. The standard InChI is InChI=1S/C10H12ClN3/c1-10(2,3)7-4-5-8(11)9(6-7)13-14-12/h4-6H,1-3H3. The van der Waals surface area contributed by atoms with Crippen molar-refractivity contribution < 1.29 is 0 Å². The fraction of sp³-hybridized carbons (Fsp3) is 0.400. The number of nitrogens with zero attached hydrogens (tertiary/aromatic N) is 3. The van der Waals surface area contributed by atoms with Crippen LogP contribution in [0.25, 0.3) is 10.4 Å². The Morgan fingerprint density at radius 3 is 2.50 bits per heavy atom. The SMILES string of the molecule is CC(C)(C)c1ccc(Cl)c(N=[N+]=[N-])c1. The van der Waals surface area contributed by atoms with Crippen molar-refractivity contribution in [2.45, 2.75) is 26.2 Å². The van der Waals surface area contributed by atoms with Gasteiger partial charge in [-0.05, 0) is 28.6 Å². The van der Waals surface area contributed by atoms with E-state index in [1.165, 1.54) is 0 Å². The summed E-state index contributed by atoms with van der Waals surface area (Å²) in [6.07, 6.45) is 0. The Morgan fingerprint density at radius 1 is 1.36 bits per heavy atom. The largest absolute Gasteiger partial charge is 0.0838 e. The van der Waals surface area contributed by atoms with Gasteiger partial charge >= 0.3 is 0 Å². The second kappa shape index (κ2) is 3.91. The predicted octanol–water partition coefficient (Wildman–Crippen LogP) is 4.58. The van der Waals surface area contributed by atoms with Gasteiger partial charge in [0.05, 0.1) is 10.7 Å². The number of halogens is 1. The van der Waals surface area contributed by atoms with E-state index in [0.717, 1.165) is 5.56 Å². The maximum atomic E-state index is 8.34. The summed E-state index contributed by atoms with van der Waals surface area (Å²) < 4.78 is 0. The Morgan fingerprint density at radius 2 is 2.00 bits per heavy atom. The van der Waals surface area contributed by atoms with Crippen LogP contribution < -0.4 is 0 Å². The normalized spacial score (nSPS) is 10.9. The second-order valence-electron chi connectivity index (χ2n) is 4.11. The van der Waals surface area contributed by atoms with Crippen LogP contribution in [0.2, 0.25) is 5.02 Å². The third kappa shape index (κ3) is 2.41. The minimum absolute atomic E-state index is 0.0321. The van der Waals surface area contributed by atoms with Crippen LogP contribution >= 0.6 is 11.6 Å². The summed E-state index contributed by atoms with van der Waals surface area (Å²) in [5.74, 6) is 0. The number of azide groups is 1. The Balaban J connectivity index is 3.26. The second-order valence-corrected chi connectivity index (χ2v) is 4.51. The molecule has 0 heterocycles. The molecule has 0 unspecified atom stereocenters. The molecule has 4 heteroatoms. The van der Waals surface area contributed by atoms with Crippen LogP contribution in [0.5, 0.6) is 0 Å². The van der Waals surface area contributed by atoms with Crippen LogP contribution in [0.15, 0.2) is 23.3 Å². The first-order valence-electron chi connectivity index (χ1n) is 4.30. The molecule has 3 nitrogen and oxygen atoms in total. The first-order valence-corrected chi connectivity index (χ1v) is 4.68. The van der Waals surface area contributed by atoms with E-state index in [0.29, 0.717) is 10.7 Å². The zero-order valence-electron chi connectivity index (χ0n) is 8.45. The minimum Gasteiger partial charge on any atom is -0.0838 e. The maximum absolute atomic E-state index is 8.34. The molecule has 0 amide bonds. The molecule has 0 aliphatic rings. The van der Waals surface area contributed by atoms with E-state index in [1.807, 2.05) is 12.1 Å². The highest BCUT2D eigenvalue weighted by Gasteiger charge is 2.14. The smallest absolute Gasteiger partial charge is 0.0564 e. The molecule has 0 aliphatic carbocycles. The number of hydrogen-bond donors (Lipinski definition) is 0. The lowest BCUT2D eigenvalue weighted by Crippen LogP contribution is -2.10. The molecule has 0 N–H and O–H groups in total. The summed E-state index contributed by atoms with van der Waals surface area (Å²) in [4.78, 5) is 2.73. The van der Waals surface area contributed by atoms with Gasteiger partial charge in [0.15, 0.2) is 0 Å². The van der Waals surface area contributed by atoms with E-state index in [1.54, 1.807) is 6.07 Å². The van der Waals surface area contributed by atoms with Crippen molar-refractivity contribution in [2.24, 2.45) is 5.11 Å². The van der Waals surface area contributed by atoms with E-state index in [2.05, 4.69) is 30.8 Å². The van der Waals surface area contributed by atoms with Crippen molar-refractivity contribution >= 4 is 17.3 Å². The fourth-order valence-corrected chi connectivity index (χ4v) is 1.26. The van der Waals surface area contributed by atoms with Gasteiger partial charge in [0, 0.05) is 4.91 Å². The average Bonchev–Trinajstić information content (AvgIpc) is 2.07. The first-order chi connectivity index (χ1) is 6.45. The summed E-state index contributed by atoms with van der Waals surface area (Å²) in [7, 11) is 0. The highest BCUT2D eigenvalue weighted by molar-refractivity contribution is 6.33. The van der Waals surface area contributed by atoms with E-state index >= 15 is 0 Å². The van der Waals surface area contributed by atoms with E-state index in [4.69, 9.17) is 17.1 Å². The lowest BCUT2D eigenvalue weighted by molar-refractivity contribution is 0.590. The third-order valence-corrected chi connectivity index (χ3v) is 2.28. The van der Waals surface area contributed by atoms with Gasteiger partial charge in [0.1, 0.15) is 0 Å². The summed E-state index contributed by atoms with van der Waals surface area (Å²) >= 11 is 5.86. The summed E-state index contributed by atoms with van der Waals surface area (Å²) in [6.45, 7) is 6.28. The van der Waals surface area contributed by atoms with Crippen LogP contribution in [0.3, 0.4) is 0 Å². The zero-order valence-corrected chi connectivity index (χ0v) is 9.21. The Hall–Kier alpha value is -1.18. The van der Waals surface area contributed by atoms with Gasteiger partial charge in [0.25, 0.3) is 0 Å². The molecule has 74 valence electrons. The average molecular weight is 210 g/mol. The summed E-state index contributed by atoms with van der Waals surface area (Å²) in [5.41, 5.74) is 9.96. The quantitative estimate of drug-likeness (QED) is 0.369.